The topological polar surface area (TPSA) is 27.6 Å². The Morgan fingerprint density at radius 3 is 2.92 bits per heavy atom. The minimum absolute atomic E-state index is 0.286. The van der Waals surface area contributed by atoms with Gasteiger partial charge in [-0.25, -0.2) is 0 Å². The number of hydrazone groups is 1. The predicted molar refractivity (Wildman–Crippen MR) is 54.0 cm³/mol. The summed E-state index contributed by atoms with van der Waals surface area (Å²) in [5.74, 6) is 1.05. The summed E-state index contributed by atoms with van der Waals surface area (Å²) >= 11 is 0. The second-order valence-electron chi connectivity index (χ2n) is 3.44. The Morgan fingerprint density at radius 1 is 1.54 bits per heavy atom. The molecule has 2 aliphatic rings. The fourth-order valence-corrected chi connectivity index (χ4v) is 1.77. The van der Waals surface area contributed by atoms with Gasteiger partial charge in [0.1, 0.15) is 12.0 Å². The van der Waals surface area contributed by atoms with Crippen molar-refractivity contribution in [3.05, 3.63) is 23.9 Å². The van der Waals surface area contributed by atoms with Gasteiger partial charge in [-0.05, 0) is 32.8 Å². The van der Waals surface area contributed by atoms with Crippen molar-refractivity contribution in [3.8, 4) is 0 Å². The lowest BCUT2D eigenvalue weighted by Crippen LogP contribution is -2.35. The fraction of sp³-hybridized carbons (Fsp3) is 0.500. The molecular formula is C10H15N3. The summed E-state index contributed by atoms with van der Waals surface area (Å²) in [6.07, 6.45) is 9.24. The van der Waals surface area contributed by atoms with E-state index < -0.39 is 0 Å². The van der Waals surface area contributed by atoms with E-state index in [2.05, 4.69) is 40.6 Å². The van der Waals surface area contributed by atoms with Crippen LogP contribution in [0.25, 0.3) is 0 Å². The molecule has 3 nitrogen and oxygen atoms in total. The summed E-state index contributed by atoms with van der Waals surface area (Å²) in [7, 11) is 0. The van der Waals surface area contributed by atoms with E-state index in [-0.39, 0.29) is 6.17 Å². The van der Waals surface area contributed by atoms with Crippen LogP contribution in [0, 0.1) is 0 Å². The van der Waals surface area contributed by atoms with Crippen LogP contribution in [0.15, 0.2) is 29.0 Å². The lowest BCUT2D eigenvalue weighted by atomic mass is 10.1. The lowest BCUT2D eigenvalue weighted by molar-refractivity contribution is 0.388. The molecule has 0 aromatic rings. The van der Waals surface area contributed by atoms with Gasteiger partial charge in [-0.3, -0.25) is 5.43 Å². The zero-order valence-electron chi connectivity index (χ0n) is 8.12. The Bertz CT molecular complexity index is 289. The van der Waals surface area contributed by atoms with E-state index >= 15 is 0 Å². The van der Waals surface area contributed by atoms with Crippen molar-refractivity contribution < 1.29 is 0 Å². The van der Waals surface area contributed by atoms with E-state index in [9.17, 15) is 0 Å². The molecule has 0 aromatic heterocycles. The van der Waals surface area contributed by atoms with Crippen molar-refractivity contribution in [3.63, 3.8) is 0 Å². The molecule has 0 bridgehead atoms. The first-order chi connectivity index (χ1) is 6.29. The fourth-order valence-electron chi connectivity index (χ4n) is 1.77. The Kier molecular flexibility index (Phi) is 2.08. The van der Waals surface area contributed by atoms with Crippen LogP contribution >= 0.6 is 0 Å². The number of rotatable bonds is 1. The quantitative estimate of drug-likeness (QED) is 0.661. The van der Waals surface area contributed by atoms with Gasteiger partial charge in [0.2, 0.25) is 0 Å². The molecule has 0 spiro atoms. The van der Waals surface area contributed by atoms with Gasteiger partial charge in [-0.2, -0.15) is 5.10 Å². The summed E-state index contributed by atoms with van der Waals surface area (Å²) in [4.78, 5) is 2.22. The van der Waals surface area contributed by atoms with Gasteiger partial charge in [0.15, 0.2) is 0 Å². The van der Waals surface area contributed by atoms with E-state index in [1.807, 2.05) is 6.92 Å². The smallest absolute Gasteiger partial charge is 0.127 e. The molecule has 0 saturated heterocycles. The van der Waals surface area contributed by atoms with Crippen LogP contribution in [0.3, 0.4) is 0 Å². The van der Waals surface area contributed by atoms with E-state index in [0.29, 0.717) is 0 Å². The van der Waals surface area contributed by atoms with E-state index in [0.717, 1.165) is 18.7 Å². The van der Waals surface area contributed by atoms with Crippen LogP contribution in [0.4, 0.5) is 0 Å². The maximum Gasteiger partial charge on any atom is 0.127 e. The summed E-state index contributed by atoms with van der Waals surface area (Å²) in [6, 6.07) is 0. The third-order valence-corrected chi connectivity index (χ3v) is 2.40. The van der Waals surface area contributed by atoms with Crippen molar-refractivity contribution >= 4 is 5.84 Å². The van der Waals surface area contributed by atoms with E-state index in [4.69, 9.17) is 0 Å². The first-order valence-electron chi connectivity index (χ1n) is 4.75. The molecule has 0 aromatic carbocycles. The van der Waals surface area contributed by atoms with Gasteiger partial charge < -0.3 is 4.90 Å². The monoisotopic (exact) mass is 177 g/mol. The van der Waals surface area contributed by atoms with Crippen LogP contribution in [0.2, 0.25) is 0 Å². The SMILES string of the molecule is CC1=NNC(C)N1C1=CCCC=C1. The first-order valence-corrected chi connectivity index (χ1v) is 4.75. The van der Waals surface area contributed by atoms with Gasteiger partial charge in [-0.15, -0.1) is 0 Å². The summed E-state index contributed by atoms with van der Waals surface area (Å²) in [5, 5.41) is 4.19. The van der Waals surface area contributed by atoms with Crippen molar-refractivity contribution in [2.75, 3.05) is 0 Å². The lowest BCUT2D eigenvalue weighted by Gasteiger charge is -2.25. The Labute approximate surface area is 78.8 Å². The summed E-state index contributed by atoms with van der Waals surface area (Å²) < 4.78 is 0. The van der Waals surface area contributed by atoms with Crippen molar-refractivity contribution in [2.45, 2.75) is 32.9 Å². The molecule has 0 fully saturated rings. The van der Waals surface area contributed by atoms with Crippen molar-refractivity contribution in [1.29, 1.82) is 0 Å². The molecule has 1 aliphatic carbocycles. The minimum atomic E-state index is 0.286. The highest BCUT2D eigenvalue weighted by atomic mass is 15.5. The van der Waals surface area contributed by atoms with Crippen LogP contribution in [0.1, 0.15) is 26.7 Å². The largest absolute Gasteiger partial charge is 0.307 e. The standard InChI is InChI=1S/C10H15N3/c1-8-11-12-9(2)13(8)10-6-4-3-5-7-10/h4,6-8,11H,3,5H2,1-2H3. The minimum Gasteiger partial charge on any atom is -0.307 e. The van der Waals surface area contributed by atoms with Crippen LogP contribution < -0.4 is 5.43 Å². The number of nitrogens with one attached hydrogen (secondary N) is 1. The molecule has 0 saturated carbocycles. The van der Waals surface area contributed by atoms with Gasteiger partial charge >= 0.3 is 0 Å². The third kappa shape index (κ3) is 1.46. The molecule has 13 heavy (non-hydrogen) atoms. The second-order valence-corrected chi connectivity index (χ2v) is 3.44. The van der Waals surface area contributed by atoms with Crippen LogP contribution in [0.5, 0.6) is 0 Å². The number of hydrogen-bond donors (Lipinski definition) is 1. The van der Waals surface area contributed by atoms with Crippen molar-refractivity contribution in [2.24, 2.45) is 5.10 Å². The molecule has 0 radical (unpaired) electrons. The zero-order chi connectivity index (χ0) is 9.26. The highest BCUT2D eigenvalue weighted by Crippen LogP contribution is 2.19. The van der Waals surface area contributed by atoms with Crippen molar-refractivity contribution in [1.82, 2.24) is 10.3 Å². The predicted octanol–water partition coefficient (Wildman–Crippen LogP) is 1.80. The third-order valence-electron chi connectivity index (χ3n) is 2.40. The molecule has 70 valence electrons. The zero-order valence-corrected chi connectivity index (χ0v) is 8.12. The van der Waals surface area contributed by atoms with Gasteiger partial charge in [-0.1, -0.05) is 12.2 Å². The summed E-state index contributed by atoms with van der Waals surface area (Å²) in [5.41, 5.74) is 4.32. The normalized spacial score (nSPS) is 26.9. The molecule has 2 rings (SSSR count). The Morgan fingerprint density at radius 2 is 2.38 bits per heavy atom. The molecule has 1 aliphatic heterocycles. The van der Waals surface area contributed by atoms with E-state index in [1.54, 1.807) is 0 Å². The molecule has 1 unspecified atom stereocenters. The summed E-state index contributed by atoms with van der Waals surface area (Å²) in [6.45, 7) is 4.14. The molecule has 3 heteroatoms. The highest BCUT2D eigenvalue weighted by molar-refractivity contribution is 5.83. The number of nitrogens with zero attached hydrogens (tertiary/aromatic N) is 2. The number of amidine groups is 1. The Balaban J connectivity index is 2.20. The molecule has 1 heterocycles. The second kappa shape index (κ2) is 3.24. The van der Waals surface area contributed by atoms with E-state index in [1.165, 1.54) is 5.70 Å². The molecule has 1 N–H and O–H groups in total. The number of allylic oxidation sites excluding steroid dienone is 3. The molecular weight excluding hydrogens is 162 g/mol. The molecule has 0 amide bonds. The maximum absolute atomic E-state index is 4.19. The van der Waals surface area contributed by atoms with Gasteiger partial charge in [0.25, 0.3) is 0 Å². The van der Waals surface area contributed by atoms with Gasteiger partial charge in [0.05, 0.1) is 0 Å². The first kappa shape index (κ1) is 8.35. The maximum atomic E-state index is 4.19. The highest BCUT2D eigenvalue weighted by Gasteiger charge is 2.22. The molecule has 1 atom stereocenters. The number of hydrogen-bond acceptors (Lipinski definition) is 3. The Hall–Kier alpha value is -1.25. The van der Waals surface area contributed by atoms with Crippen LogP contribution in [-0.4, -0.2) is 16.9 Å². The average molecular weight is 177 g/mol. The van der Waals surface area contributed by atoms with Gasteiger partial charge in [0, 0.05) is 5.70 Å². The average Bonchev–Trinajstić information content (AvgIpc) is 2.48. The van der Waals surface area contributed by atoms with Crippen LogP contribution in [-0.2, 0) is 0 Å².